The number of likely N-dealkylation sites (tertiary alicyclic amines) is 1. The molecule has 3 rings (SSSR count). The van der Waals surface area contributed by atoms with Gasteiger partial charge in [-0.3, -0.25) is 19.1 Å². The predicted molar refractivity (Wildman–Crippen MR) is 98.7 cm³/mol. The Hall–Kier alpha value is -2.19. The number of aromatic nitrogens is 3. The molecule has 0 N–H and O–H groups in total. The van der Waals surface area contributed by atoms with Crippen LogP contribution in [0.25, 0.3) is 11.4 Å². The smallest absolute Gasteiger partial charge is 0.229 e. The van der Waals surface area contributed by atoms with Crippen LogP contribution in [0.1, 0.15) is 18.4 Å². The van der Waals surface area contributed by atoms with Gasteiger partial charge < -0.3 is 4.74 Å². The Labute approximate surface area is 156 Å². The number of nitrogens with zero attached hydrogens (tertiary/aromatic N) is 4. The molecule has 0 radical (unpaired) electrons. The summed E-state index contributed by atoms with van der Waals surface area (Å²) in [6, 6.07) is 8.12. The molecule has 0 bridgehead atoms. The second-order valence-electron chi connectivity index (χ2n) is 6.11. The fourth-order valence-electron chi connectivity index (χ4n) is 2.88. The minimum Gasteiger partial charge on any atom is -0.383 e. The van der Waals surface area contributed by atoms with E-state index < -0.39 is 0 Å². The first kappa shape index (κ1) is 18.6. The first-order valence-corrected chi connectivity index (χ1v) is 9.54. The van der Waals surface area contributed by atoms with Crippen molar-refractivity contribution in [2.75, 3.05) is 26.0 Å². The summed E-state index contributed by atoms with van der Waals surface area (Å²) in [6.07, 6.45) is 0.649. The van der Waals surface area contributed by atoms with Gasteiger partial charge in [-0.25, -0.2) is 0 Å². The highest BCUT2D eigenvalue weighted by atomic mass is 32.2. The summed E-state index contributed by atoms with van der Waals surface area (Å²) < 4.78 is 7.24. The third-order valence-corrected chi connectivity index (χ3v) is 5.16. The molecule has 1 aromatic carbocycles. The fourth-order valence-corrected chi connectivity index (χ4v) is 3.77. The zero-order valence-electron chi connectivity index (χ0n) is 15.0. The van der Waals surface area contributed by atoms with E-state index in [4.69, 9.17) is 4.74 Å². The van der Waals surface area contributed by atoms with Crippen molar-refractivity contribution in [3.05, 3.63) is 29.8 Å². The maximum absolute atomic E-state index is 11.7. The summed E-state index contributed by atoms with van der Waals surface area (Å²) >= 11 is 1.50. The lowest BCUT2D eigenvalue weighted by atomic mass is 10.1. The van der Waals surface area contributed by atoms with E-state index in [2.05, 4.69) is 16.3 Å². The number of ether oxygens (including phenoxy) is 1. The Kier molecular flexibility index (Phi) is 6.05. The third-order valence-electron chi connectivity index (χ3n) is 4.21. The number of aryl methyl sites for hydroxylation is 1. The monoisotopic (exact) mass is 374 g/mol. The zero-order chi connectivity index (χ0) is 18.5. The largest absolute Gasteiger partial charge is 0.383 e. The number of rotatable bonds is 8. The molecular formula is C18H22N4O3S. The Morgan fingerprint density at radius 1 is 1.15 bits per heavy atom. The zero-order valence-corrected chi connectivity index (χ0v) is 15.8. The van der Waals surface area contributed by atoms with Crippen LogP contribution < -0.4 is 0 Å². The van der Waals surface area contributed by atoms with Crippen molar-refractivity contribution in [1.82, 2.24) is 19.7 Å². The molecule has 7 nitrogen and oxygen atoms in total. The Bertz CT molecular complexity index is 789. The van der Waals surface area contributed by atoms with Crippen molar-refractivity contribution in [3.63, 3.8) is 0 Å². The lowest BCUT2D eigenvalue weighted by Crippen LogP contribution is -2.31. The van der Waals surface area contributed by atoms with Crippen LogP contribution in [-0.2, 0) is 20.9 Å². The van der Waals surface area contributed by atoms with E-state index in [0.29, 0.717) is 38.3 Å². The van der Waals surface area contributed by atoms with Crippen LogP contribution in [0.3, 0.4) is 0 Å². The maximum Gasteiger partial charge on any atom is 0.229 e. The van der Waals surface area contributed by atoms with Crippen molar-refractivity contribution in [3.8, 4) is 11.4 Å². The van der Waals surface area contributed by atoms with Crippen molar-refractivity contribution in [2.24, 2.45) is 0 Å². The summed E-state index contributed by atoms with van der Waals surface area (Å²) in [5, 5.41) is 9.42. The molecule has 2 amide bonds. The molecule has 1 aliphatic heterocycles. The average Bonchev–Trinajstić information content (AvgIpc) is 3.17. The molecule has 138 valence electrons. The van der Waals surface area contributed by atoms with Gasteiger partial charge in [-0.05, 0) is 13.0 Å². The lowest BCUT2D eigenvalue weighted by molar-refractivity contribution is -0.137. The number of thioether (sulfide) groups is 1. The van der Waals surface area contributed by atoms with E-state index in [1.54, 1.807) is 7.11 Å². The minimum absolute atomic E-state index is 0.0862. The normalized spacial score (nSPS) is 14.5. The number of benzene rings is 1. The van der Waals surface area contributed by atoms with E-state index in [0.717, 1.165) is 22.1 Å². The molecule has 2 heterocycles. The summed E-state index contributed by atoms with van der Waals surface area (Å²) in [4.78, 5) is 24.7. The molecule has 1 aliphatic rings. The van der Waals surface area contributed by atoms with Gasteiger partial charge in [-0.15, -0.1) is 10.2 Å². The van der Waals surface area contributed by atoms with Crippen molar-refractivity contribution in [2.45, 2.75) is 31.5 Å². The van der Waals surface area contributed by atoms with Crippen LogP contribution in [0.15, 0.2) is 29.4 Å². The average molecular weight is 374 g/mol. The van der Waals surface area contributed by atoms with Crippen LogP contribution in [-0.4, -0.2) is 57.5 Å². The predicted octanol–water partition coefficient (Wildman–Crippen LogP) is 2.14. The molecule has 1 aromatic heterocycles. The number of imide groups is 1. The first-order valence-electron chi connectivity index (χ1n) is 8.55. The van der Waals surface area contributed by atoms with Crippen LogP contribution in [0.2, 0.25) is 0 Å². The molecular weight excluding hydrogens is 352 g/mol. The number of hydrogen-bond donors (Lipinski definition) is 0. The lowest BCUT2D eigenvalue weighted by Gasteiger charge is -2.13. The number of methoxy groups -OCH3 is 1. The highest BCUT2D eigenvalue weighted by molar-refractivity contribution is 7.99. The van der Waals surface area contributed by atoms with Crippen LogP contribution in [0.5, 0.6) is 0 Å². The van der Waals surface area contributed by atoms with Gasteiger partial charge in [0.25, 0.3) is 0 Å². The number of carbonyl (C=O) groups excluding carboxylic acids is 2. The molecule has 26 heavy (non-hydrogen) atoms. The molecule has 0 saturated carbocycles. The molecule has 0 spiro atoms. The van der Waals surface area contributed by atoms with Crippen LogP contribution in [0.4, 0.5) is 0 Å². The summed E-state index contributed by atoms with van der Waals surface area (Å²) in [5.74, 6) is 1.21. The third kappa shape index (κ3) is 4.13. The van der Waals surface area contributed by atoms with Crippen molar-refractivity contribution in [1.29, 1.82) is 0 Å². The number of hydrogen-bond acceptors (Lipinski definition) is 6. The quantitative estimate of drug-likeness (QED) is 0.520. The molecule has 1 fully saturated rings. The number of carbonyl (C=O) groups is 2. The second-order valence-corrected chi connectivity index (χ2v) is 7.17. The second kappa shape index (κ2) is 8.46. The topological polar surface area (TPSA) is 77.3 Å². The van der Waals surface area contributed by atoms with Gasteiger partial charge >= 0.3 is 0 Å². The molecule has 0 atom stereocenters. The van der Waals surface area contributed by atoms with Crippen molar-refractivity contribution >= 4 is 23.6 Å². The van der Waals surface area contributed by atoms with Gasteiger partial charge in [0, 0.05) is 37.8 Å². The van der Waals surface area contributed by atoms with Gasteiger partial charge in [0.2, 0.25) is 11.8 Å². The maximum atomic E-state index is 11.7. The molecule has 8 heteroatoms. The van der Waals surface area contributed by atoms with Gasteiger partial charge in [0.1, 0.15) is 0 Å². The highest BCUT2D eigenvalue weighted by Gasteiger charge is 2.28. The van der Waals surface area contributed by atoms with Crippen molar-refractivity contribution < 1.29 is 14.3 Å². The Morgan fingerprint density at radius 2 is 1.92 bits per heavy atom. The van der Waals surface area contributed by atoms with E-state index in [9.17, 15) is 9.59 Å². The summed E-state index contributed by atoms with van der Waals surface area (Å²) in [7, 11) is 1.66. The van der Waals surface area contributed by atoms with E-state index >= 15 is 0 Å². The van der Waals surface area contributed by atoms with Crippen LogP contribution in [0, 0.1) is 6.92 Å². The van der Waals surface area contributed by atoms with E-state index in [-0.39, 0.29) is 11.8 Å². The molecule has 1 saturated heterocycles. The van der Waals surface area contributed by atoms with Crippen LogP contribution >= 0.6 is 11.8 Å². The Morgan fingerprint density at radius 3 is 2.62 bits per heavy atom. The van der Waals surface area contributed by atoms with E-state index in [1.807, 2.05) is 29.7 Å². The first-order chi connectivity index (χ1) is 12.6. The standard InChI is InChI=1S/C18H22N4O3S/c1-13-4-3-5-14(12-13)17-19-20-18(22(17)8-10-25-2)26-11-9-21-15(23)6-7-16(21)24/h3-5,12H,6-11H2,1-2H3. The Balaban J connectivity index is 1.74. The molecule has 0 unspecified atom stereocenters. The van der Waals surface area contributed by atoms with Gasteiger partial charge in [-0.1, -0.05) is 35.5 Å². The summed E-state index contributed by atoms with van der Waals surface area (Å²) in [5.41, 5.74) is 2.16. The number of amides is 2. The van der Waals surface area contributed by atoms with Gasteiger partial charge in [0.15, 0.2) is 11.0 Å². The van der Waals surface area contributed by atoms with Gasteiger partial charge in [-0.2, -0.15) is 0 Å². The minimum atomic E-state index is -0.0862. The summed E-state index contributed by atoms with van der Waals surface area (Å²) in [6.45, 7) is 3.63. The highest BCUT2D eigenvalue weighted by Crippen LogP contribution is 2.25. The van der Waals surface area contributed by atoms with E-state index in [1.165, 1.54) is 16.7 Å². The fraction of sp³-hybridized carbons (Fsp3) is 0.444. The SMILES string of the molecule is COCCn1c(SCCN2C(=O)CCC2=O)nnc1-c1cccc(C)c1. The van der Waals surface area contributed by atoms with Gasteiger partial charge in [0.05, 0.1) is 13.2 Å². The molecule has 2 aromatic rings. The molecule has 0 aliphatic carbocycles.